The van der Waals surface area contributed by atoms with Crippen LogP contribution in [0.3, 0.4) is 0 Å². The summed E-state index contributed by atoms with van der Waals surface area (Å²) in [6.45, 7) is 6.98. The molecule has 0 unspecified atom stereocenters. The molecule has 10 heteroatoms. The van der Waals surface area contributed by atoms with Gasteiger partial charge in [-0.1, -0.05) is 32.9 Å². The normalized spacial score (nSPS) is 18.7. The van der Waals surface area contributed by atoms with Gasteiger partial charge in [-0.3, -0.25) is 4.79 Å². The Morgan fingerprint density at radius 3 is 2.41 bits per heavy atom. The molecule has 0 bridgehead atoms. The molecule has 1 aromatic heterocycles. The van der Waals surface area contributed by atoms with E-state index < -0.39 is 6.36 Å². The van der Waals surface area contributed by atoms with Crippen molar-refractivity contribution in [3.05, 3.63) is 83.7 Å². The maximum absolute atomic E-state index is 13.2. The van der Waals surface area contributed by atoms with Gasteiger partial charge >= 0.3 is 6.36 Å². The highest BCUT2D eigenvalue weighted by molar-refractivity contribution is 5.97. The molecule has 2 atom stereocenters. The number of hydrogen-bond donors (Lipinski definition) is 2. The fourth-order valence-corrected chi connectivity index (χ4v) is 5.94. The molecular weight excluding hydrogens is 536 g/mol. The van der Waals surface area contributed by atoms with E-state index in [4.69, 9.17) is 4.98 Å². The SMILES string of the molecule is C[C@H]1C[C@@H](n2c(Nc3ccc(OC(F)(F)F)cc3)nc3ccc(C(=O)NCc4ccc(F)cc4)cc32)CC(C)(C)C1. The molecule has 1 saturated carbocycles. The van der Waals surface area contributed by atoms with Gasteiger partial charge in [-0.15, -0.1) is 13.2 Å². The second-order valence-electron chi connectivity index (χ2n) is 11.6. The van der Waals surface area contributed by atoms with E-state index in [1.807, 2.05) is 6.07 Å². The molecule has 0 aliphatic heterocycles. The quantitative estimate of drug-likeness (QED) is 0.221. The van der Waals surface area contributed by atoms with Crippen molar-refractivity contribution in [2.75, 3.05) is 5.32 Å². The van der Waals surface area contributed by atoms with Crippen molar-refractivity contribution in [1.29, 1.82) is 0 Å². The lowest BCUT2D eigenvalue weighted by Gasteiger charge is -2.40. The summed E-state index contributed by atoms with van der Waals surface area (Å²) in [5.41, 5.74) is 3.36. The summed E-state index contributed by atoms with van der Waals surface area (Å²) in [5, 5.41) is 6.16. The lowest BCUT2D eigenvalue weighted by molar-refractivity contribution is -0.274. The standard InChI is InChI=1S/C31H32F4N4O2/c1-19-14-24(17-30(2,3)16-19)39-27-15-21(28(40)36-18-20-4-7-22(32)8-5-20)6-13-26(27)38-29(39)37-23-9-11-25(12-10-23)41-31(33,34)35/h4-13,15,19,24H,14,16-18H2,1-3H3,(H,36,40)(H,37,38)/t19-,24+/m0/s1. The van der Waals surface area contributed by atoms with Crippen LogP contribution in [-0.2, 0) is 6.54 Å². The van der Waals surface area contributed by atoms with Crippen LogP contribution in [-0.4, -0.2) is 21.8 Å². The van der Waals surface area contributed by atoms with E-state index in [0.717, 1.165) is 30.3 Å². The average Bonchev–Trinajstić information content (AvgIpc) is 3.24. The number of hydrogen-bond acceptors (Lipinski definition) is 4. The minimum Gasteiger partial charge on any atom is -0.406 e. The molecule has 4 aromatic rings. The van der Waals surface area contributed by atoms with Gasteiger partial charge in [-0.25, -0.2) is 9.37 Å². The van der Waals surface area contributed by atoms with E-state index in [-0.39, 0.29) is 35.5 Å². The van der Waals surface area contributed by atoms with Crippen LogP contribution in [0.4, 0.5) is 29.2 Å². The number of nitrogens with zero attached hydrogens (tertiary/aromatic N) is 2. The molecule has 1 heterocycles. The summed E-state index contributed by atoms with van der Waals surface area (Å²) >= 11 is 0. The van der Waals surface area contributed by atoms with Crippen molar-refractivity contribution in [3.63, 3.8) is 0 Å². The maximum atomic E-state index is 13.2. The predicted octanol–water partition coefficient (Wildman–Crippen LogP) is 8.13. The van der Waals surface area contributed by atoms with Crippen molar-refractivity contribution in [1.82, 2.24) is 14.9 Å². The molecule has 1 fully saturated rings. The van der Waals surface area contributed by atoms with Gasteiger partial charge in [-0.05, 0) is 90.8 Å². The molecule has 216 valence electrons. The number of rotatable bonds is 7. The summed E-state index contributed by atoms with van der Waals surface area (Å²) in [6.07, 6.45) is -1.85. The van der Waals surface area contributed by atoms with Crippen molar-refractivity contribution in [2.24, 2.45) is 11.3 Å². The van der Waals surface area contributed by atoms with Gasteiger partial charge in [0, 0.05) is 23.8 Å². The molecule has 1 aliphatic carbocycles. The number of alkyl halides is 3. The molecule has 6 nitrogen and oxygen atoms in total. The third-order valence-corrected chi connectivity index (χ3v) is 7.39. The number of amides is 1. The van der Waals surface area contributed by atoms with Crippen LogP contribution in [0.2, 0.25) is 0 Å². The summed E-state index contributed by atoms with van der Waals surface area (Å²) in [4.78, 5) is 17.9. The molecule has 2 N–H and O–H groups in total. The van der Waals surface area contributed by atoms with Gasteiger partial charge in [-0.2, -0.15) is 0 Å². The zero-order chi connectivity index (χ0) is 29.4. The number of benzene rings is 3. The van der Waals surface area contributed by atoms with E-state index in [1.165, 1.54) is 36.4 Å². The van der Waals surface area contributed by atoms with Crippen LogP contribution >= 0.6 is 0 Å². The summed E-state index contributed by atoms with van der Waals surface area (Å²) < 4.78 is 57.2. The highest BCUT2D eigenvalue weighted by Crippen LogP contribution is 2.46. The maximum Gasteiger partial charge on any atom is 0.573 e. The van der Waals surface area contributed by atoms with Crippen LogP contribution in [0.1, 0.15) is 62.0 Å². The Morgan fingerprint density at radius 1 is 1.05 bits per heavy atom. The molecule has 1 aliphatic rings. The first-order chi connectivity index (χ1) is 19.3. The van der Waals surface area contributed by atoms with Crippen molar-refractivity contribution < 1.29 is 27.1 Å². The number of imidazole rings is 1. The van der Waals surface area contributed by atoms with Gasteiger partial charge < -0.3 is 19.9 Å². The Balaban J connectivity index is 1.47. The van der Waals surface area contributed by atoms with E-state index >= 15 is 0 Å². The Kier molecular flexibility index (Phi) is 7.68. The minimum atomic E-state index is -4.77. The second kappa shape index (κ2) is 11.1. The Hall–Kier alpha value is -4.08. The van der Waals surface area contributed by atoms with Crippen LogP contribution in [0.15, 0.2) is 66.7 Å². The number of carbonyl (C=O) groups excluding carboxylic acids is 1. The van der Waals surface area contributed by atoms with Crippen LogP contribution in [0.25, 0.3) is 11.0 Å². The minimum absolute atomic E-state index is 0.0895. The molecule has 41 heavy (non-hydrogen) atoms. The van der Waals surface area contributed by atoms with E-state index in [0.29, 0.717) is 28.6 Å². The number of anilines is 2. The van der Waals surface area contributed by atoms with Crippen molar-refractivity contribution in [2.45, 2.75) is 59.0 Å². The Bertz CT molecular complexity index is 1530. The van der Waals surface area contributed by atoms with E-state index in [2.05, 4.69) is 40.7 Å². The summed E-state index contributed by atoms with van der Waals surface area (Å²) in [5.74, 6) is 0.0964. The van der Waals surface area contributed by atoms with Gasteiger partial charge in [0.05, 0.1) is 11.0 Å². The lowest BCUT2D eigenvalue weighted by atomic mass is 9.70. The smallest absolute Gasteiger partial charge is 0.406 e. The second-order valence-corrected chi connectivity index (χ2v) is 11.6. The first-order valence-corrected chi connectivity index (χ1v) is 13.5. The third-order valence-electron chi connectivity index (χ3n) is 7.39. The number of carbonyl (C=O) groups is 1. The van der Waals surface area contributed by atoms with Gasteiger partial charge in [0.2, 0.25) is 5.95 Å². The largest absolute Gasteiger partial charge is 0.573 e. The fourth-order valence-electron chi connectivity index (χ4n) is 5.94. The number of halogens is 4. The number of ether oxygens (including phenoxy) is 1. The molecule has 0 spiro atoms. The molecule has 3 aromatic carbocycles. The highest BCUT2D eigenvalue weighted by atomic mass is 19.4. The van der Waals surface area contributed by atoms with Crippen LogP contribution < -0.4 is 15.4 Å². The van der Waals surface area contributed by atoms with Gasteiger partial charge in [0.1, 0.15) is 11.6 Å². The monoisotopic (exact) mass is 568 g/mol. The lowest BCUT2D eigenvalue weighted by Crippen LogP contribution is -2.30. The zero-order valence-corrected chi connectivity index (χ0v) is 23.1. The topological polar surface area (TPSA) is 68.2 Å². The Morgan fingerprint density at radius 2 is 1.76 bits per heavy atom. The molecular formula is C31H32F4N4O2. The zero-order valence-electron chi connectivity index (χ0n) is 23.1. The van der Waals surface area contributed by atoms with Gasteiger partial charge in [0.25, 0.3) is 5.91 Å². The number of nitrogens with one attached hydrogen (secondary N) is 2. The first-order valence-electron chi connectivity index (χ1n) is 13.5. The molecule has 1 amide bonds. The summed E-state index contributed by atoms with van der Waals surface area (Å²) in [7, 11) is 0. The number of fused-ring (bicyclic) bond motifs is 1. The molecule has 5 rings (SSSR count). The summed E-state index contributed by atoms with van der Waals surface area (Å²) in [6, 6.07) is 16.9. The van der Waals surface area contributed by atoms with E-state index in [9.17, 15) is 22.4 Å². The first kappa shape index (κ1) is 28.4. The van der Waals surface area contributed by atoms with Crippen LogP contribution in [0, 0.1) is 17.2 Å². The molecule has 0 radical (unpaired) electrons. The average molecular weight is 569 g/mol. The van der Waals surface area contributed by atoms with Crippen molar-refractivity contribution in [3.8, 4) is 5.75 Å². The predicted molar refractivity (Wildman–Crippen MR) is 150 cm³/mol. The van der Waals surface area contributed by atoms with Gasteiger partial charge in [0.15, 0.2) is 0 Å². The van der Waals surface area contributed by atoms with Crippen LogP contribution in [0.5, 0.6) is 5.75 Å². The van der Waals surface area contributed by atoms with Crippen molar-refractivity contribution >= 4 is 28.6 Å². The number of aromatic nitrogens is 2. The highest BCUT2D eigenvalue weighted by Gasteiger charge is 2.35. The third kappa shape index (κ3) is 6.99. The Labute approximate surface area is 235 Å². The molecule has 0 saturated heterocycles. The van der Waals surface area contributed by atoms with E-state index in [1.54, 1.807) is 24.3 Å². The fraction of sp³-hybridized carbons (Fsp3) is 0.355.